The highest BCUT2D eigenvalue weighted by Gasteiger charge is 2.27. The van der Waals surface area contributed by atoms with Gasteiger partial charge in [0.1, 0.15) is 5.75 Å². The maximum Gasteiger partial charge on any atom is 0.231 e. The fraction of sp³-hybridized carbons (Fsp3) is 0.346. The Kier molecular flexibility index (Phi) is 7.34. The van der Waals surface area contributed by atoms with E-state index in [9.17, 15) is 4.79 Å². The average Bonchev–Trinajstić information content (AvgIpc) is 3.60. The van der Waals surface area contributed by atoms with Crippen LogP contribution >= 0.6 is 11.8 Å². The third kappa shape index (κ3) is 5.86. The number of hydrogen-bond donors (Lipinski definition) is 2. The molecule has 182 valence electrons. The maximum atomic E-state index is 12.8. The molecule has 2 unspecified atom stereocenters. The van der Waals surface area contributed by atoms with Crippen molar-refractivity contribution in [1.82, 2.24) is 20.6 Å². The van der Waals surface area contributed by atoms with E-state index in [1.54, 1.807) is 19.5 Å². The molecule has 1 aromatic heterocycles. The molecule has 0 aliphatic carbocycles. The van der Waals surface area contributed by atoms with Gasteiger partial charge in [-0.15, -0.1) is 0 Å². The number of thioether (sulfide) groups is 1. The number of amides is 1. The van der Waals surface area contributed by atoms with Gasteiger partial charge in [0, 0.05) is 24.0 Å². The molecule has 0 spiro atoms. The van der Waals surface area contributed by atoms with Crippen LogP contribution in [-0.2, 0) is 11.2 Å². The second-order valence-corrected chi connectivity index (χ2v) is 9.53. The second-order valence-electron chi connectivity index (χ2n) is 8.59. The summed E-state index contributed by atoms with van der Waals surface area (Å²) in [5, 5.41) is 7.24. The van der Waals surface area contributed by atoms with Crippen molar-refractivity contribution in [3.8, 4) is 28.4 Å². The molecule has 2 aliphatic heterocycles. The number of ether oxygens (including phenoxy) is 3. The highest BCUT2D eigenvalue weighted by Crippen LogP contribution is 2.33. The normalized spacial score (nSPS) is 17.2. The van der Waals surface area contributed by atoms with Gasteiger partial charge in [0.25, 0.3) is 0 Å². The van der Waals surface area contributed by atoms with Crippen molar-refractivity contribution in [2.75, 3.05) is 32.7 Å². The number of hydrogen-bond acceptors (Lipinski definition) is 8. The maximum absolute atomic E-state index is 12.8. The Morgan fingerprint density at radius 2 is 1.94 bits per heavy atom. The predicted octanol–water partition coefficient (Wildman–Crippen LogP) is 3.31. The van der Waals surface area contributed by atoms with E-state index in [0.717, 1.165) is 59.9 Å². The Balaban J connectivity index is 1.18. The van der Waals surface area contributed by atoms with Crippen molar-refractivity contribution >= 4 is 17.7 Å². The summed E-state index contributed by atoms with van der Waals surface area (Å²) < 4.78 is 16.1. The highest BCUT2D eigenvalue weighted by atomic mass is 32.2. The van der Waals surface area contributed by atoms with Crippen LogP contribution in [0.4, 0.5) is 0 Å². The first kappa shape index (κ1) is 23.4. The van der Waals surface area contributed by atoms with Crippen LogP contribution < -0.4 is 24.8 Å². The summed E-state index contributed by atoms with van der Waals surface area (Å²) in [7, 11) is 1.64. The lowest BCUT2D eigenvalue weighted by molar-refractivity contribution is -0.119. The number of benzene rings is 2. The van der Waals surface area contributed by atoms with Gasteiger partial charge in [0.05, 0.1) is 12.9 Å². The number of rotatable bonds is 9. The number of carbonyl (C=O) groups is 1. The molecular formula is C26H28N4O4S. The van der Waals surface area contributed by atoms with E-state index in [0.29, 0.717) is 11.1 Å². The lowest BCUT2D eigenvalue weighted by Gasteiger charge is -2.24. The van der Waals surface area contributed by atoms with E-state index in [1.807, 2.05) is 42.5 Å². The monoisotopic (exact) mass is 492 g/mol. The predicted molar refractivity (Wildman–Crippen MR) is 134 cm³/mol. The Bertz CT molecular complexity index is 1150. The van der Waals surface area contributed by atoms with Crippen molar-refractivity contribution in [3.05, 3.63) is 60.4 Å². The number of aromatic nitrogens is 2. The molecule has 35 heavy (non-hydrogen) atoms. The first-order valence-corrected chi connectivity index (χ1v) is 12.6. The molecule has 1 amide bonds. The van der Waals surface area contributed by atoms with Crippen LogP contribution in [0.15, 0.2) is 60.0 Å². The van der Waals surface area contributed by atoms with Gasteiger partial charge in [-0.1, -0.05) is 30.0 Å². The van der Waals surface area contributed by atoms with Gasteiger partial charge in [-0.05, 0) is 67.2 Å². The zero-order chi connectivity index (χ0) is 24.0. The quantitative estimate of drug-likeness (QED) is 0.347. The summed E-state index contributed by atoms with van der Waals surface area (Å²) in [5.41, 5.74) is 3.05. The Labute approximate surface area is 208 Å². The standard InChI is InChI=1S/C26H28N4O4S/c1-32-21-5-3-18(4-6-21)20-13-28-26(29-14-20)35-15-25(31)30-22(19-8-9-27-12-19)10-17-2-7-23-24(11-17)34-16-33-23/h2-7,11,13-14,19,22,27H,8-10,12,15-16H2,1H3,(H,30,31). The Morgan fingerprint density at radius 3 is 2.69 bits per heavy atom. The van der Waals surface area contributed by atoms with Gasteiger partial charge in [-0.3, -0.25) is 4.79 Å². The van der Waals surface area contributed by atoms with Gasteiger partial charge in [-0.2, -0.15) is 0 Å². The van der Waals surface area contributed by atoms with E-state index in [1.165, 1.54) is 11.8 Å². The van der Waals surface area contributed by atoms with Crippen molar-refractivity contribution in [2.45, 2.75) is 24.0 Å². The van der Waals surface area contributed by atoms with E-state index in [2.05, 4.69) is 20.6 Å². The summed E-state index contributed by atoms with van der Waals surface area (Å²) >= 11 is 1.34. The van der Waals surface area contributed by atoms with Crippen molar-refractivity contribution in [2.24, 2.45) is 5.92 Å². The first-order chi connectivity index (χ1) is 17.2. The summed E-state index contributed by atoms with van der Waals surface area (Å²) in [4.78, 5) is 21.7. The van der Waals surface area contributed by atoms with Crippen LogP contribution in [0.1, 0.15) is 12.0 Å². The molecule has 2 N–H and O–H groups in total. The minimum absolute atomic E-state index is 0.0181. The van der Waals surface area contributed by atoms with Gasteiger partial charge in [-0.25, -0.2) is 9.97 Å². The molecule has 0 bridgehead atoms. The van der Waals surface area contributed by atoms with Gasteiger partial charge in [0.2, 0.25) is 12.7 Å². The van der Waals surface area contributed by atoms with Gasteiger partial charge >= 0.3 is 0 Å². The SMILES string of the molecule is COc1ccc(-c2cnc(SCC(=O)NC(Cc3ccc4c(c3)OCO4)C3CCNC3)nc2)cc1. The minimum Gasteiger partial charge on any atom is -0.497 e. The number of nitrogens with one attached hydrogen (secondary N) is 2. The van der Waals surface area contributed by atoms with Crippen molar-refractivity contribution in [3.63, 3.8) is 0 Å². The topological polar surface area (TPSA) is 94.6 Å². The van der Waals surface area contributed by atoms with Crippen molar-refractivity contribution in [1.29, 1.82) is 0 Å². The zero-order valence-corrected chi connectivity index (χ0v) is 20.3. The molecular weight excluding hydrogens is 464 g/mol. The van der Waals surface area contributed by atoms with E-state index >= 15 is 0 Å². The molecule has 2 atom stereocenters. The summed E-state index contributed by atoms with van der Waals surface area (Å²) in [6.45, 7) is 2.13. The van der Waals surface area contributed by atoms with E-state index < -0.39 is 0 Å². The van der Waals surface area contributed by atoms with Crippen LogP contribution in [0.3, 0.4) is 0 Å². The molecule has 0 radical (unpaired) electrons. The lowest BCUT2D eigenvalue weighted by atomic mass is 9.92. The molecule has 5 rings (SSSR count). The third-order valence-electron chi connectivity index (χ3n) is 6.29. The summed E-state index contributed by atoms with van der Waals surface area (Å²) in [6, 6.07) is 13.8. The van der Waals surface area contributed by atoms with Crippen LogP contribution in [0.2, 0.25) is 0 Å². The van der Waals surface area contributed by atoms with Crippen LogP contribution in [0.25, 0.3) is 11.1 Å². The third-order valence-corrected chi connectivity index (χ3v) is 7.17. The van der Waals surface area contributed by atoms with E-state index in [-0.39, 0.29) is 24.5 Å². The second kappa shape index (κ2) is 11.0. The number of fused-ring (bicyclic) bond motifs is 1. The fourth-order valence-corrected chi connectivity index (χ4v) is 4.98. The molecule has 2 aliphatic rings. The minimum atomic E-state index is -0.0181. The smallest absolute Gasteiger partial charge is 0.231 e. The van der Waals surface area contributed by atoms with Crippen LogP contribution in [0, 0.1) is 5.92 Å². The first-order valence-electron chi connectivity index (χ1n) is 11.7. The molecule has 3 aromatic rings. The molecule has 1 saturated heterocycles. The van der Waals surface area contributed by atoms with Crippen LogP contribution in [-0.4, -0.2) is 54.7 Å². The zero-order valence-electron chi connectivity index (χ0n) is 19.5. The fourth-order valence-electron chi connectivity index (χ4n) is 4.38. The molecule has 8 nitrogen and oxygen atoms in total. The highest BCUT2D eigenvalue weighted by molar-refractivity contribution is 7.99. The number of methoxy groups -OCH3 is 1. The lowest BCUT2D eigenvalue weighted by Crippen LogP contribution is -2.43. The molecule has 9 heteroatoms. The number of nitrogens with zero attached hydrogens (tertiary/aromatic N) is 2. The van der Waals surface area contributed by atoms with Crippen molar-refractivity contribution < 1.29 is 19.0 Å². The molecule has 0 saturated carbocycles. The summed E-state index contributed by atoms with van der Waals surface area (Å²) in [5.74, 6) is 2.97. The molecule has 2 aromatic carbocycles. The Morgan fingerprint density at radius 1 is 1.14 bits per heavy atom. The number of carbonyl (C=O) groups excluding carboxylic acids is 1. The average molecular weight is 493 g/mol. The Hall–Kier alpha value is -3.30. The van der Waals surface area contributed by atoms with E-state index in [4.69, 9.17) is 14.2 Å². The van der Waals surface area contributed by atoms with Crippen LogP contribution in [0.5, 0.6) is 17.2 Å². The molecule has 1 fully saturated rings. The summed E-state index contributed by atoms with van der Waals surface area (Å²) in [6.07, 6.45) is 5.34. The largest absolute Gasteiger partial charge is 0.497 e. The molecule has 3 heterocycles. The van der Waals surface area contributed by atoms with Gasteiger partial charge < -0.3 is 24.8 Å². The van der Waals surface area contributed by atoms with Gasteiger partial charge in [0.15, 0.2) is 16.7 Å².